The Kier molecular flexibility index (Phi) is 2.07. The van der Waals surface area contributed by atoms with Crippen LogP contribution in [0.1, 0.15) is 0 Å². The highest BCUT2D eigenvalue weighted by molar-refractivity contribution is 5.74. The lowest BCUT2D eigenvalue weighted by atomic mass is 10.1. The van der Waals surface area contributed by atoms with Gasteiger partial charge in [0.2, 0.25) is 0 Å². The maximum Gasteiger partial charge on any atom is 0.116 e. The minimum absolute atomic E-state index is 0.194. The minimum atomic E-state index is 0.194. The molecule has 3 heteroatoms. The summed E-state index contributed by atoms with van der Waals surface area (Å²) in [4.78, 5) is 4.16. The van der Waals surface area contributed by atoms with Crippen molar-refractivity contribution in [1.82, 2.24) is 4.98 Å². The van der Waals surface area contributed by atoms with Crippen LogP contribution in [-0.2, 0) is 0 Å². The van der Waals surface area contributed by atoms with E-state index in [9.17, 15) is 5.11 Å². The van der Waals surface area contributed by atoms with Crippen LogP contribution in [0.5, 0.6) is 5.75 Å². The molecule has 1 heterocycles. The van der Waals surface area contributed by atoms with E-state index in [1.807, 2.05) is 18.2 Å². The van der Waals surface area contributed by atoms with Crippen LogP contribution in [0.25, 0.3) is 11.3 Å². The van der Waals surface area contributed by atoms with Crippen molar-refractivity contribution in [1.29, 1.82) is 0 Å². The van der Waals surface area contributed by atoms with Gasteiger partial charge in [-0.2, -0.15) is 0 Å². The van der Waals surface area contributed by atoms with Gasteiger partial charge in [-0.15, -0.1) is 0 Å². The first-order chi connectivity index (χ1) is 6.77. The molecule has 0 bridgehead atoms. The van der Waals surface area contributed by atoms with E-state index in [-0.39, 0.29) is 5.75 Å². The molecular weight excluding hydrogens is 176 g/mol. The topological polar surface area (TPSA) is 59.1 Å². The van der Waals surface area contributed by atoms with Gasteiger partial charge in [0.05, 0.1) is 5.69 Å². The summed E-state index contributed by atoms with van der Waals surface area (Å²) in [6.07, 6.45) is 1.69. The van der Waals surface area contributed by atoms with Gasteiger partial charge in [-0.25, -0.2) is 0 Å². The van der Waals surface area contributed by atoms with Gasteiger partial charge >= 0.3 is 0 Å². The number of rotatable bonds is 1. The third kappa shape index (κ3) is 1.52. The molecular formula is C11H10N2O. The first kappa shape index (κ1) is 8.56. The fourth-order valence-electron chi connectivity index (χ4n) is 1.29. The zero-order valence-electron chi connectivity index (χ0n) is 7.51. The quantitative estimate of drug-likeness (QED) is 0.529. The van der Waals surface area contributed by atoms with Crippen LogP contribution in [0.3, 0.4) is 0 Å². The van der Waals surface area contributed by atoms with E-state index in [0.717, 1.165) is 11.3 Å². The lowest BCUT2D eigenvalue weighted by Crippen LogP contribution is -1.90. The number of benzene rings is 1. The van der Waals surface area contributed by atoms with E-state index in [2.05, 4.69) is 4.98 Å². The van der Waals surface area contributed by atoms with Crippen LogP contribution in [-0.4, -0.2) is 10.1 Å². The number of pyridine rings is 1. The number of nitrogens with two attached hydrogens (primary N) is 1. The van der Waals surface area contributed by atoms with Crippen LogP contribution in [0.2, 0.25) is 0 Å². The summed E-state index contributed by atoms with van der Waals surface area (Å²) < 4.78 is 0. The molecule has 0 spiro atoms. The molecule has 0 aliphatic rings. The third-order valence-electron chi connectivity index (χ3n) is 1.98. The molecule has 14 heavy (non-hydrogen) atoms. The van der Waals surface area contributed by atoms with Crippen LogP contribution in [0.15, 0.2) is 42.6 Å². The molecule has 2 rings (SSSR count). The van der Waals surface area contributed by atoms with E-state index < -0.39 is 0 Å². The van der Waals surface area contributed by atoms with Crippen LogP contribution >= 0.6 is 0 Å². The lowest BCUT2D eigenvalue weighted by Gasteiger charge is -2.04. The Morgan fingerprint density at radius 2 is 2.00 bits per heavy atom. The standard InChI is InChI=1S/C11H10N2O/c12-10-5-4-8(14)7-9(10)11-3-1-2-6-13-11/h1-7,14H,12H2. The van der Waals surface area contributed by atoms with Crippen molar-refractivity contribution in [2.45, 2.75) is 0 Å². The number of anilines is 1. The van der Waals surface area contributed by atoms with Gasteiger partial charge < -0.3 is 10.8 Å². The average Bonchev–Trinajstić information content (AvgIpc) is 2.23. The van der Waals surface area contributed by atoms with E-state index in [1.165, 1.54) is 0 Å². The Morgan fingerprint density at radius 3 is 2.71 bits per heavy atom. The molecule has 0 saturated carbocycles. The zero-order valence-corrected chi connectivity index (χ0v) is 7.51. The molecule has 0 aliphatic heterocycles. The molecule has 0 aliphatic carbocycles. The van der Waals surface area contributed by atoms with Gasteiger partial charge in [-0.05, 0) is 30.3 Å². The van der Waals surface area contributed by atoms with Gasteiger partial charge in [-0.1, -0.05) is 6.07 Å². The number of phenolic OH excluding ortho intramolecular Hbond substituents is 1. The van der Waals surface area contributed by atoms with Crippen LogP contribution < -0.4 is 5.73 Å². The minimum Gasteiger partial charge on any atom is -0.508 e. The number of phenols is 1. The molecule has 3 N–H and O–H groups in total. The molecule has 1 aromatic carbocycles. The number of aromatic hydroxyl groups is 1. The highest BCUT2D eigenvalue weighted by Gasteiger charge is 2.03. The first-order valence-electron chi connectivity index (χ1n) is 4.27. The number of aromatic nitrogens is 1. The maximum absolute atomic E-state index is 9.32. The summed E-state index contributed by atoms with van der Waals surface area (Å²) in [5.41, 5.74) is 7.90. The van der Waals surface area contributed by atoms with Crippen LogP contribution in [0.4, 0.5) is 5.69 Å². The van der Waals surface area contributed by atoms with Gasteiger partial charge in [0.25, 0.3) is 0 Å². The molecule has 0 unspecified atom stereocenters. The van der Waals surface area contributed by atoms with E-state index in [4.69, 9.17) is 5.73 Å². The number of hydrogen-bond donors (Lipinski definition) is 2. The molecule has 0 atom stereocenters. The molecule has 70 valence electrons. The van der Waals surface area contributed by atoms with E-state index >= 15 is 0 Å². The Morgan fingerprint density at radius 1 is 1.14 bits per heavy atom. The summed E-state index contributed by atoms with van der Waals surface area (Å²) in [7, 11) is 0. The predicted molar refractivity (Wildman–Crippen MR) is 55.8 cm³/mol. The fourth-order valence-corrected chi connectivity index (χ4v) is 1.29. The Balaban J connectivity index is 2.57. The van der Waals surface area contributed by atoms with Crippen molar-refractivity contribution in [3.63, 3.8) is 0 Å². The summed E-state index contributed by atoms with van der Waals surface area (Å²) in [6, 6.07) is 10.4. The molecule has 1 aromatic heterocycles. The van der Waals surface area contributed by atoms with Gasteiger partial charge in [0.1, 0.15) is 5.75 Å². The van der Waals surface area contributed by atoms with Crippen molar-refractivity contribution >= 4 is 5.69 Å². The molecule has 0 radical (unpaired) electrons. The van der Waals surface area contributed by atoms with Gasteiger partial charge in [-0.3, -0.25) is 4.98 Å². The summed E-state index contributed by atoms with van der Waals surface area (Å²) in [5.74, 6) is 0.194. The van der Waals surface area contributed by atoms with Crippen molar-refractivity contribution in [3.05, 3.63) is 42.6 Å². The van der Waals surface area contributed by atoms with Crippen molar-refractivity contribution in [2.75, 3.05) is 5.73 Å². The first-order valence-corrected chi connectivity index (χ1v) is 4.27. The molecule has 0 fully saturated rings. The number of hydrogen-bond acceptors (Lipinski definition) is 3. The smallest absolute Gasteiger partial charge is 0.116 e. The number of nitrogens with zero attached hydrogens (tertiary/aromatic N) is 1. The van der Waals surface area contributed by atoms with Crippen molar-refractivity contribution in [2.24, 2.45) is 0 Å². The van der Waals surface area contributed by atoms with Gasteiger partial charge in [0, 0.05) is 17.4 Å². The molecule has 2 aromatic rings. The fraction of sp³-hybridized carbons (Fsp3) is 0. The molecule has 0 amide bonds. The SMILES string of the molecule is Nc1ccc(O)cc1-c1ccccn1. The molecule has 0 saturated heterocycles. The van der Waals surface area contributed by atoms with Crippen molar-refractivity contribution < 1.29 is 5.11 Å². The highest BCUT2D eigenvalue weighted by atomic mass is 16.3. The summed E-state index contributed by atoms with van der Waals surface area (Å²) in [6.45, 7) is 0. The Hall–Kier alpha value is -2.03. The Labute approximate surface area is 81.8 Å². The predicted octanol–water partition coefficient (Wildman–Crippen LogP) is 2.04. The third-order valence-corrected chi connectivity index (χ3v) is 1.98. The molecule has 3 nitrogen and oxygen atoms in total. The van der Waals surface area contributed by atoms with E-state index in [0.29, 0.717) is 5.69 Å². The second kappa shape index (κ2) is 3.38. The largest absolute Gasteiger partial charge is 0.508 e. The second-order valence-corrected chi connectivity index (χ2v) is 2.99. The summed E-state index contributed by atoms with van der Waals surface area (Å²) >= 11 is 0. The van der Waals surface area contributed by atoms with Crippen molar-refractivity contribution in [3.8, 4) is 17.0 Å². The lowest BCUT2D eigenvalue weighted by molar-refractivity contribution is 0.475. The zero-order chi connectivity index (χ0) is 9.97. The average molecular weight is 186 g/mol. The number of nitrogen functional groups attached to an aromatic ring is 1. The monoisotopic (exact) mass is 186 g/mol. The second-order valence-electron chi connectivity index (χ2n) is 2.99. The van der Waals surface area contributed by atoms with Crippen LogP contribution in [0, 0.1) is 0 Å². The normalized spacial score (nSPS) is 10.0. The van der Waals surface area contributed by atoms with E-state index in [1.54, 1.807) is 24.4 Å². The Bertz CT molecular complexity index is 440. The highest BCUT2D eigenvalue weighted by Crippen LogP contribution is 2.27. The summed E-state index contributed by atoms with van der Waals surface area (Å²) in [5, 5.41) is 9.32. The van der Waals surface area contributed by atoms with Gasteiger partial charge in [0.15, 0.2) is 0 Å². The maximum atomic E-state index is 9.32.